The molecule has 0 rings (SSSR count). The number of hydrogen-bond acceptors (Lipinski definition) is 5. The summed E-state index contributed by atoms with van der Waals surface area (Å²) in [7, 11) is 0. The predicted molar refractivity (Wildman–Crippen MR) is 76.1 cm³/mol. The van der Waals surface area contributed by atoms with Crippen LogP contribution in [0.5, 0.6) is 0 Å². The van der Waals surface area contributed by atoms with Crippen LogP contribution in [0.1, 0.15) is 19.8 Å². The molecular formula is C11H22N6O4. The summed E-state index contributed by atoms with van der Waals surface area (Å²) in [6.45, 7) is 1.34. The predicted octanol–water partition coefficient (Wildman–Crippen LogP) is -2.93. The van der Waals surface area contributed by atoms with Crippen molar-refractivity contribution in [3.05, 3.63) is 0 Å². The van der Waals surface area contributed by atoms with E-state index in [4.69, 9.17) is 22.3 Å². The number of rotatable bonds is 9. The zero-order chi connectivity index (χ0) is 16.4. The zero-order valence-corrected chi connectivity index (χ0v) is 11.8. The van der Waals surface area contributed by atoms with Crippen LogP contribution in [-0.2, 0) is 14.4 Å². The highest BCUT2D eigenvalue weighted by molar-refractivity contribution is 5.90. The van der Waals surface area contributed by atoms with Crippen LogP contribution in [0.3, 0.4) is 0 Å². The van der Waals surface area contributed by atoms with E-state index >= 15 is 0 Å². The second-order valence-corrected chi connectivity index (χ2v) is 4.34. The summed E-state index contributed by atoms with van der Waals surface area (Å²) in [6, 6.07) is -1.95. The van der Waals surface area contributed by atoms with Crippen LogP contribution in [0, 0.1) is 0 Å². The Morgan fingerprint density at radius 1 is 1.24 bits per heavy atom. The number of hydrogen-bond donors (Lipinski definition) is 6. The second-order valence-electron chi connectivity index (χ2n) is 4.34. The molecule has 0 aromatic heterocycles. The minimum atomic E-state index is -1.17. The Balaban J connectivity index is 4.57. The van der Waals surface area contributed by atoms with Crippen molar-refractivity contribution in [3.8, 4) is 0 Å². The highest BCUT2D eigenvalue weighted by Gasteiger charge is 2.23. The molecule has 0 aliphatic carbocycles. The van der Waals surface area contributed by atoms with Crippen molar-refractivity contribution in [1.82, 2.24) is 10.6 Å². The van der Waals surface area contributed by atoms with Gasteiger partial charge in [-0.3, -0.25) is 19.4 Å². The first-order valence-electron chi connectivity index (χ1n) is 6.36. The summed E-state index contributed by atoms with van der Waals surface area (Å²) >= 11 is 0. The van der Waals surface area contributed by atoms with Gasteiger partial charge in [-0.15, -0.1) is 0 Å². The average Bonchev–Trinajstić information content (AvgIpc) is 2.41. The fourth-order valence-corrected chi connectivity index (χ4v) is 1.40. The molecule has 0 aromatic rings. The third-order valence-electron chi connectivity index (χ3n) is 2.51. The molecule has 0 aliphatic rings. The fraction of sp³-hybridized carbons (Fsp3) is 0.636. The Morgan fingerprint density at radius 2 is 1.86 bits per heavy atom. The first-order chi connectivity index (χ1) is 9.77. The standard InChI is InChI=1S/C11H22N6O4/c1-6(10(20)21)16-9(19)7(17-8(18)5-12)3-2-4-15-11(13)14/h6-7H,2-5,12H2,1H3,(H,16,19)(H,17,18)(H,20,21)(H4,13,14,15). The van der Waals surface area contributed by atoms with E-state index in [1.54, 1.807) is 0 Å². The molecule has 0 saturated carbocycles. The van der Waals surface area contributed by atoms with Crippen LogP contribution in [0.2, 0.25) is 0 Å². The Labute approximate surface area is 122 Å². The summed E-state index contributed by atoms with van der Waals surface area (Å²) in [4.78, 5) is 37.7. The molecule has 0 radical (unpaired) electrons. The van der Waals surface area contributed by atoms with E-state index in [1.807, 2.05) is 0 Å². The van der Waals surface area contributed by atoms with Gasteiger partial charge in [0.05, 0.1) is 6.54 Å². The topological polar surface area (TPSA) is 186 Å². The van der Waals surface area contributed by atoms with Gasteiger partial charge in [-0.05, 0) is 19.8 Å². The number of carbonyl (C=O) groups is 3. The van der Waals surface area contributed by atoms with E-state index in [9.17, 15) is 14.4 Å². The monoisotopic (exact) mass is 302 g/mol. The number of nitrogens with zero attached hydrogens (tertiary/aromatic N) is 1. The summed E-state index contributed by atoms with van der Waals surface area (Å²) in [5.41, 5.74) is 15.5. The molecule has 2 unspecified atom stereocenters. The first-order valence-corrected chi connectivity index (χ1v) is 6.36. The molecular weight excluding hydrogens is 280 g/mol. The SMILES string of the molecule is CC(NC(=O)C(CCCN=C(N)N)NC(=O)CN)C(=O)O. The quantitative estimate of drug-likeness (QED) is 0.149. The van der Waals surface area contributed by atoms with E-state index in [-0.39, 0.29) is 18.9 Å². The molecule has 0 bridgehead atoms. The van der Waals surface area contributed by atoms with Crippen LogP contribution in [0.4, 0.5) is 0 Å². The maximum Gasteiger partial charge on any atom is 0.325 e. The molecule has 0 spiro atoms. The highest BCUT2D eigenvalue weighted by atomic mass is 16.4. The van der Waals surface area contributed by atoms with Crippen molar-refractivity contribution < 1.29 is 19.5 Å². The zero-order valence-electron chi connectivity index (χ0n) is 11.8. The van der Waals surface area contributed by atoms with Crippen molar-refractivity contribution in [3.63, 3.8) is 0 Å². The van der Waals surface area contributed by atoms with Crippen molar-refractivity contribution in [2.24, 2.45) is 22.2 Å². The molecule has 0 aromatic carbocycles. The molecule has 0 aliphatic heterocycles. The molecule has 2 atom stereocenters. The van der Waals surface area contributed by atoms with E-state index in [0.717, 1.165) is 0 Å². The summed E-state index contributed by atoms with van der Waals surface area (Å²) in [5, 5.41) is 13.4. The molecule has 120 valence electrons. The van der Waals surface area contributed by atoms with Crippen molar-refractivity contribution >= 4 is 23.7 Å². The lowest BCUT2D eigenvalue weighted by atomic mass is 10.1. The molecule has 0 fully saturated rings. The maximum atomic E-state index is 11.9. The van der Waals surface area contributed by atoms with Crippen LogP contribution < -0.4 is 27.8 Å². The van der Waals surface area contributed by atoms with E-state index in [2.05, 4.69) is 15.6 Å². The number of carbonyl (C=O) groups excluding carboxylic acids is 2. The minimum absolute atomic E-state index is 0.0681. The highest BCUT2D eigenvalue weighted by Crippen LogP contribution is 1.99. The Bertz CT molecular complexity index is 408. The van der Waals surface area contributed by atoms with Crippen molar-refractivity contribution in [2.75, 3.05) is 13.1 Å². The van der Waals surface area contributed by atoms with Gasteiger partial charge in [-0.1, -0.05) is 0 Å². The number of carboxylic acid groups (broad SMARTS) is 1. The smallest absolute Gasteiger partial charge is 0.325 e. The van der Waals surface area contributed by atoms with Crippen LogP contribution >= 0.6 is 0 Å². The van der Waals surface area contributed by atoms with Crippen LogP contribution in [0.25, 0.3) is 0 Å². The van der Waals surface area contributed by atoms with E-state index < -0.39 is 29.9 Å². The van der Waals surface area contributed by atoms with Gasteiger partial charge in [0, 0.05) is 6.54 Å². The molecule has 10 nitrogen and oxygen atoms in total. The number of nitrogens with two attached hydrogens (primary N) is 3. The normalized spacial score (nSPS) is 12.9. The fourth-order valence-electron chi connectivity index (χ4n) is 1.40. The number of aliphatic carboxylic acids is 1. The second kappa shape index (κ2) is 9.53. The average molecular weight is 302 g/mol. The van der Waals surface area contributed by atoms with E-state index in [1.165, 1.54) is 6.92 Å². The van der Waals surface area contributed by atoms with Crippen molar-refractivity contribution in [2.45, 2.75) is 31.8 Å². The Morgan fingerprint density at radius 3 is 2.33 bits per heavy atom. The molecule has 10 heteroatoms. The van der Waals surface area contributed by atoms with Crippen LogP contribution in [-0.4, -0.2) is 54.0 Å². The number of guanidine groups is 1. The first kappa shape index (κ1) is 18.6. The Hall–Kier alpha value is -2.36. The Kier molecular flexibility index (Phi) is 8.46. The summed E-state index contributed by atoms with van der Waals surface area (Å²) < 4.78 is 0. The van der Waals surface area contributed by atoms with Gasteiger partial charge in [-0.25, -0.2) is 0 Å². The van der Waals surface area contributed by atoms with Gasteiger partial charge in [0.15, 0.2) is 5.96 Å². The number of amides is 2. The lowest BCUT2D eigenvalue weighted by Gasteiger charge is -2.19. The summed E-state index contributed by atoms with van der Waals surface area (Å²) in [6.07, 6.45) is 0.684. The van der Waals surface area contributed by atoms with Gasteiger partial charge in [0.1, 0.15) is 12.1 Å². The molecule has 0 heterocycles. The molecule has 2 amide bonds. The molecule has 0 saturated heterocycles. The number of aliphatic imine (C=N–C) groups is 1. The maximum absolute atomic E-state index is 11.9. The van der Waals surface area contributed by atoms with Gasteiger partial charge in [0.25, 0.3) is 0 Å². The summed E-state index contributed by atoms with van der Waals surface area (Å²) in [5.74, 6) is -2.36. The lowest BCUT2D eigenvalue weighted by molar-refractivity contribution is -0.141. The molecule has 21 heavy (non-hydrogen) atoms. The minimum Gasteiger partial charge on any atom is -0.480 e. The van der Waals surface area contributed by atoms with Crippen LogP contribution in [0.15, 0.2) is 4.99 Å². The molecule has 9 N–H and O–H groups in total. The van der Waals surface area contributed by atoms with Crippen molar-refractivity contribution in [1.29, 1.82) is 0 Å². The van der Waals surface area contributed by atoms with Gasteiger partial charge < -0.3 is 32.9 Å². The lowest BCUT2D eigenvalue weighted by Crippen LogP contribution is -2.51. The van der Waals surface area contributed by atoms with E-state index in [0.29, 0.717) is 13.0 Å². The largest absolute Gasteiger partial charge is 0.480 e. The van der Waals surface area contributed by atoms with Gasteiger partial charge in [-0.2, -0.15) is 0 Å². The number of nitrogens with one attached hydrogen (secondary N) is 2. The third-order valence-corrected chi connectivity index (χ3v) is 2.51. The third kappa shape index (κ3) is 8.42. The number of carboxylic acids is 1. The van der Waals surface area contributed by atoms with Gasteiger partial charge in [0.2, 0.25) is 11.8 Å². The van der Waals surface area contributed by atoms with Gasteiger partial charge >= 0.3 is 5.97 Å².